The molecule has 5 heteroatoms. The van der Waals surface area contributed by atoms with E-state index in [2.05, 4.69) is 4.98 Å². The second-order valence-corrected chi connectivity index (χ2v) is 4.04. The highest BCUT2D eigenvalue weighted by Crippen LogP contribution is 2.28. The van der Waals surface area contributed by atoms with Gasteiger partial charge in [-0.1, -0.05) is 0 Å². The first-order valence-corrected chi connectivity index (χ1v) is 5.57. The summed E-state index contributed by atoms with van der Waals surface area (Å²) in [6.45, 7) is 1.75. The Kier molecular flexibility index (Phi) is 3.46. The number of aromatic nitrogens is 1. The van der Waals surface area contributed by atoms with Gasteiger partial charge in [-0.3, -0.25) is 0 Å². The molecule has 1 aromatic heterocycles. The van der Waals surface area contributed by atoms with Gasteiger partial charge in [-0.05, 0) is 30.7 Å². The van der Waals surface area contributed by atoms with Crippen LogP contribution in [-0.4, -0.2) is 23.2 Å². The molecule has 19 heavy (non-hydrogen) atoms. The molecule has 98 valence electrons. The van der Waals surface area contributed by atoms with Crippen LogP contribution in [0.2, 0.25) is 0 Å². The highest BCUT2D eigenvalue weighted by atomic mass is 19.1. The molecule has 0 spiro atoms. The van der Waals surface area contributed by atoms with Gasteiger partial charge in [0.25, 0.3) is 0 Å². The monoisotopic (exact) mass is 261 g/mol. The number of carboxylic acid groups (broad SMARTS) is 1. The average molecular weight is 261 g/mol. The molecule has 0 aliphatic carbocycles. The van der Waals surface area contributed by atoms with Gasteiger partial charge in [0.05, 0.1) is 7.11 Å². The number of nitrogens with zero attached hydrogens (tertiary/aromatic N) is 1. The quantitative estimate of drug-likeness (QED) is 0.863. The predicted molar refractivity (Wildman–Crippen MR) is 69.7 cm³/mol. The molecule has 0 saturated heterocycles. The van der Waals surface area contributed by atoms with E-state index in [1.807, 2.05) is 0 Å². The van der Waals surface area contributed by atoms with Crippen LogP contribution >= 0.6 is 0 Å². The number of rotatable bonds is 3. The Hall–Kier alpha value is -2.43. The van der Waals surface area contributed by atoms with E-state index in [1.54, 1.807) is 19.1 Å². The zero-order chi connectivity index (χ0) is 14.0. The number of fused-ring (bicyclic) bond motifs is 1. The van der Waals surface area contributed by atoms with E-state index in [1.165, 1.54) is 19.3 Å². The summed E-state index contributed by atoms with van der Waals surface area (Å²) in [6.07, 6.45) is 2.28. The molecule has 1 N–H and O–H groups in total. The Balaban J connectivity index is 2.67. The van der Waals surface area contributed by atoms with E-state index >= 15 is 0 Å². The molecule has 0 bridgehead atoms. The second-order valence-electron chi connectivity index (χ2n) is 4.04. The number of carbonyl (C=O) groups is 1. The standard InChI is InChI=1S/C14H12FNO3/c1-8-5-12(19-2)10-6-9(3-4-13(17)18)7-11(15)14(10)16-8/h3-7H,1-2H3,(H,17,18)/b4-3+. The average Bonchev–Trinajstić information content (AvgIpc) is 2.36. The van der Waals surface area contributed by atoms with E-state index in [4.69, 9.17) is 9.84 Å². The molecule has 2 rings (SSSR count). The van der Waals surface area contributed by atoms with Crippen molar-refractivity contribution in [2.75, 3.05) is 7.11 Å². The lowest BCUT2D eigenvalue weighted by Crippen LogP contribution is -1.94. The summed E-state index contributed by atoms with van der Waals surface area (Å²) >= 11 is 0. The van der Waals surface area contributed by atoms with E-state index in [9.17, 15) is 9.18 Å². The van der Waals surface area contributed by atoms with Crippen molar-refractivity contribution in [1.82, 2.24) is 4.98 Å². The minimum Gasteiger partial charge on any atom is -0.496 e. The van der Waals surface area contributed by atoms with Gasteiger partial charge in [-0.25, -0.2) is 14.2 Å². The summed E-state index contributed by atoms with van der Waals surface area (Å²) in [6, 6.07) is 4.59. The molecule has 0 atom stereocenters. The topological polar surface area (TPSA) is 59.4 Å². The fourth-order valence-electron chi connectivity index (χ4n) is 1.83. The largest absolute Gasteiger partial charge is 0.496 e. The van der Waals surface area contributed by atoms with Crippen LogP contribution in [0, 0.1) is 12.7 Å². The number of pyridine rings is 1. The van der Waals surface area contributed by atoms with Crippen LogP contribution in [0.15, 0.2) is 24.3 Å². The van der Waals surface area contributed by atoms with Gasteiger partial charge in [0.1, 0.15) is 17.1 Å². The normalized spacial score (nSPS) is 11.1. The summed E-state index contributed by atoms with van der Waals surface area (Å²) in [7, 11) is 1.49. The summed E-state index contributed by atoms with van der Waals surface area (Å²) in [5.74, 6) is -1.09. The van der Waals surface area contributed by atoms with Crippen molar-refractivity contribution >= 4 is 22.9 Å². The van der Waals surface area contributed by atoms with Crippen molar-refractivity contribution in [3.05, 3.63) is 41.3 Å². The number of carboxylic acids is 1. The van der Waals surface area contributed by atoms with Crippen molar-refractivity contribution < 1.29 is 19.0 Å². The first-order chi connectivity index (χ1) is 9.01. The van der Waals surface area contributed by atoms with Gasteiger partial charge < -0.3 is 9.84 Å². The minimum absolute atomic E-state index is 0.212. The minimum atomic E-state index is -1.09. The highest BCUT2D eigenvalue weighted by Gasteiger charge is 2.10. The van der Waals surface area contributed by atoms with E-state index in [0.717, 1.165) is 6.08 Å². The predicted octanol–water partition coefficient (Wildman–Crippen LogP) is 2.79. The summed E-state index contributed by atoms with van der Waals surface area (Å²) in [5.41, 5.74) is 1.30. The first-order valence-electron chi connectivity index (χ1n) is 5.57. The Bertz CT molecular complexity index is 680. The SMILES string of the molecule is COc1cc(C)nc2c(F)cc(/C=C/C(=O)O)cc12. The fraction of sp³-hybridized carbons (Fsp3) is 0.143. The molecule has 0 radical (unpaired) electrons. The molecule has 0 amide bonds. The lowest BCUT2D eigenvalue weighted by Gasteiger charge is -2.08. The van der Waals surface area contributed by atoms with Crippen molar-refractivity contribution in [2.45, 2.75) is 6.92 Å². The van der Waals surface area contributed by atoms with E-state index < -0.39 is 11.8 Å². The third-order valence-corrected chi connectivity index (χ3v) is 2.62. The number of ether oxygens (including phenoxy) is 1. The number of aliphatic carboxylic acids is 1. The van der Waals surface area contributed by atoms with E-state index in [-0.39, 0.29) is 5.52 Å². The number of aryl methyl sites for hydroxylation is 1. The molecule has 0 saturated carbocycles. The van der Waals surface area contributed by atoms with Crippen LogP contribution in [0.25, 0.3) is 17.0 Å². The maximum Gasteiger partial charge on any atom is 0.328 e. The molecule has 0 aliphatic rings. The second kappa shape index (κ2) is 5.06. The van der Waals surface area contributed by atoms with Crippen LogP contribution < -0.4 is 4.74 Å². The lowest BCUT2D eigenvalue weighted by molar-refractivity contribution is -0.131. The number of benzene rings is 1. The summed E-state index contributed by atoms with van der Waals surface area (Å²) in [5, 5.41) is 9.09. The van der Waals surface area contributed by atoms with Crippen LogP contribution in [0.1, 0.15) is 11.3 Å². The highest BCUT2D eigenvalue weighted by molar-refractivity contribution is 5.90. The van der Waals surface area contributed by atoms with Crippen molar-refractivity contribution in [3.8, 4) is 5.75 Å². The molecule has 0 fully saturated rings. The molecule has 1 heterocycles. The molecule has 0 aliphatic heterocycles. The Morgan fingerprint density at radius 2 is 2.16 bits per heavy atom. The van der Waals surface area contributed by atoms with Crippen LogP contribution in [0.4, 0.5) is 4.39 Å². The zero-order valence-corrected chi connectivity index (χ0v) is 10.5. The molecular weight excluding hydrogens is 249 g/mol. The summed E-state index contributed by atoms with van der Waals surface area (Å²) < 4.78 is 19.2. The third kappa shape index (κ3) is 2.70. The molecule has 4 nitrogen and oxygen atoms in total. The van der Waals surface area contributed by atoms with Crippen molar-refractivity contribution in [1.29, 1.82) is 0 Å². The summed E-state index contributed by atoms with van der Waals surface area (Å²) in [4.78, 5) is 14.6. The van der Waals surface area contributed by atoms with Crippen molar-refractivity contribution in [2.24, 2.45) is 0 Å². The molecule has 2 aromatic rings. The molecule has 0 unspecified atom stereocenters. The maximum atomic E-state index is 14.0. The zero-order valence-electron chi connectivity index (χ0n) is 10.5. The third-order valence-electron chi connectivity index (χ3n) is 2.62. The van der Waals surface area contributed by atoms with Crippen LogP contribution in [0.5, 0.6) is 5.75 Å². The van der Waals surface area contributed by atoms with Gasteiger partial charge >= 0.3 is 5.97 Å². The smallest absolute Gasteiger partial charge is 0.328 e. The fourth-order valence-corrected chi connectivity index (χ4v) is 1.83. The van der Waals surface area contributed by atoms with Crippen molar-refractivity contribution in [3.63, 3.8) is 0 Å². The van der Waals surface area contributed by atoms with Gasteiger partial charge in [-0.2, -0.15) is 0 Å². The van der Waals surface area contributed by atoms with Gasteiger partial charge in [-0.15, -0.1) is 0 Å². The van der Waals surface area contributed by atoms with Gasteiger partial charge in [0, 0.05) is 23.2 Å². The first kappa shape index (κ1) is 13.0. The van der Waals surface area contributed by atoms with E-state index in [0.29, 0.717) is 22.4 Å². The molecular formula is C14H12FNO3. The lowest BCUT2D eigenvalue weighted by atomic mass is 10.1. The number of halogens is 1. The number of methoxy groups -OCH3 is 1. The number of hydrogen-bond donors (Lipinski definition) is 1. The maximum absolute atomic E-state index is 14.0. The van der Waals surface area contributed by atoms with Gasteiger partial charge in [0.15, 0.2) is 0 Å². The Labute approximate surface area is 109 Å². The van der Waals surface area contributed by atoms with Gasteiger partial charge in [0.2, 0.25) is 0 Å². The van der Waals surface area contributed by atoms with Crippen LogP contribution in [-0.2, 0) is 4.79 Å². The number of hydrogen-bond acceptors (Lipinski definition) is 3. The Morgan fingerprint density at radius 1 is 1.42 bits per heavy atom. The molecule has 1 aromatic carbocycles. The Morgan fingerprint density at radius 3 is 2.79 bits per heavy atom. The van der Waals surface area contributed by atoms with Crippen LogP contribution in [0.3, 0.4) is 0 Å².